The molecule has 0 aliphatic carbocycles. The zero-order valence-corrected chi connectivity index (χ0v) is 26.8. The number of nitrogens with one attached hydrogen (secondary N) is 2. The number of aryl methyl sites for hydroxylation is 2. The van der Waals surface area contributed by atoms with Gasteiger partial charge in [0.25, 0.3) is 0 Å². The smallest absolute Gasteiger partial charge is 0.338 e. The lowest BCUT2D eigenvalue weighted by Crippen LogP contribution is -2.53. The van der Waals surface area contributed by atoms with Crippen molar-refractivity contribution in [1.82, 2.24) is 40.7 Å². The van der Waals surface area contributed by atoms with E-state index in [4.69, 9.17) is 21.3 Å². The van der Waals surface area contributed by atoms with E-state index in [0.29, 0.717) is 61.2 Å². The average molecular weight is 677 g/mol. The van der Waals surface area contributed by atoms with Gasteiger partial charge in [-0.15, -0.1) is 16.4 Å². The standard InChI is InChI=1S/C31H30ClFN10O3S/c1-46-30(44)26-24(35-28(29-34-10-13-47-29)36-27(26)22-8-5-19(33)14-23(22)32)17-41-11-12-42-21(15-41)16-43(31(42)45)20-6-2-18(3-7-20)4-9-25-37-39-40-38-25/h2-3,5-8,10,13-14,21,27H,4,9,11-12,15-17H2,1H3,(H,35,36)(H,37,38,39,40)/t21-,27?/m0/s1. The minimum Gasteiger partial charge on any atom is -0.466 e. The number of urea groups is 1. The quantitative estimate of drug-likeness (QED) is 0.255. The summed E-state index contributed by atoms with van der Waals surface area (Å²) >= 11 is 7.90. The van der Waals surface area contributed by atoms with Crippen molar-refractivity contribution in [2.45, 2.75) is 24.9 Å². The Morgan fingerprint density at radius 1 is 1.15 bits per heavy atom. The first-order chi connectivity index (χ1) is 22.9. The van der Waals surface area contributed by atoms with Crippen molar-refractivity contribution in [3.63, 3.8) is 0 Å². The number of rotatable bonds is 9. The fourth-order valence-electron chi connectivity index (χ4n) is 6.21. The predicted molar refractivity (Wildman–Crippen MR) is 173 cm³/mol. The maximum absolute atomic E-state index is 14.0. The van der Waals surface area contributed by atoms with Crippen LogP contribution in [0.4, 0.5) is 14.9 Å². The molecule has 13 nitrogen and oxygen atoms in total. The summed E-state index contributed by atoms with van der Waals surface area (Å²) < 4.78 is 19.2. The summed E-state index contributed by atoms with van der Waals surface area (Å²) in [4.78, 5) is 42.0. The van der Waals surface area contributed by atoms with Gasteiger partial charge in [0.05, 0.1) is 18.7 Å². The number of H-pyrrole nitrogens is 1. The van der Waals surface area contributed by atoms with Crippen LogP contribution in [-0.2, 0) is 22.4 Å². The molecule has 2 amide bonds. The number of hydrogen-bond acceptors (Lipinski definition) is 11. The van der Waals surface area contributed by atoms with Gasteiger partial charge in [0.1, 0.15) is 17.7 Å². The van der Waals surface area contributed by atoms with Gasteiger partial charge in [-0.05, 0) is 46.7 Å². The van der Waals surface area contributed by atoms with Gasteiger partial charge in [-0.1, -0.05) is 29.8 Å². The molecule has 4 aromatic rings. The number of methoxy groups -OCH3 is 1. The van der Waals surface area contributed by atoms with Crippen LogP contribution in [0, 0.1) is 5.82 Å². The van der Waals surface area contributed by atoms with Gasteiger partial charge in [-0.2, -0.15) is 0 Å². The van der Waals surface area contributed by atoms with Crippen molar-refractivity contribution in [2.24, 2.45) is 4.99 Å². The Bertz CT molecular complexity index is 1830. The van der Waals surface area contributed by atoms with E-state index in [2.05, 4.69) is 35.8 Å². The van der Waals surface area contributed by atoms with E-state index in [1.54, 1.807) is 6.20 Å². The zero-order chi connectivity index (χ0) is 32.5. The van der Waals surface area contributed by atoms with Crippen LogP contribution in [0.3, 0.4) is 0 Å². The SMILES string of the molecule is COC(=O)C1=C(CN2CCN3C(=O)N(c4ccc(CCc5nnn[nH]5)cc4)C[C@@H]3C2)NC(c2nccs2)=NC1c1ccc(F)cc1Cl. The molecule has 0 radical (unpaired) electrons. The molecule has 0 saturated carbocycles. The van der Waals surface area contributed by atoms with Gasteiger partial charge < -0.3 is 15.0 Å². The molecule has 0 bridgehead atoms. The van der Waals surface area contributed by atoms with Gasteiger partial charge in [0.2, 0.25) is 0 Å². The molecular weight excluding hydrogens is 647 g/mol. The largest absolute Gasteiger partial charge is 0.466 e. The predicted octanol–water partition coefficient (Wildman–Crippen LogP) is 3.38. The Labute approximate surface area is 278 Å². The normalized spacial score (nSPS) is 19.9. The summed E-state index contributed by atoms with van der Waals surface area (Å²) in [5.41, 5.74) is 3.32. The van der Waals surface area contributed by atoms with Crippen molar-refractivity contribution in [1.29, 1.82) is 0 Å². The van der Waals surface area contributed by atoms with E-state index in [1.165, 1.54) is 36.6 Å². The molecule has 16 heteroatoms. The van der Waals surface area contributed by atoms with Crippen LogP contribution >= 0.6 is 22.9 Å². The first-order valence-electron chi connectivity index (χ1n) is 15.0. The molecule has 7 rings (SSSR count). The second-order valence-electron chi connectivity index (χ2n) is 11.4. The van der Waals surface area contributed by atoms with E-state index in [9.17, 15) is 14.0 Å². The number of carbonyl (C=O) groups is 2. The molecule has 2 aromatic carbocycles. The number of amides is 2. The lowest BCUT2D eigenvalue weighted by Gasteiger charge is -2.38. The summed E-state index contributed by atoms with van der Waals surface area (Å²) in [5, 5.41) is 19.9. The number of anilines is 1. The second kappa shape index (κ2) is 13.2. The van der Waals surface area contributed by atoms with Gasteiger partial charge in [0.15, 0.2) is 10.8 Å². The number of esters is 1. The van der Waals surface area contributed by atoms with E-state index in [0.717, 1.165) is 23.5 Å². The number of fused-ring (bicyclic) bond motifs is 1. The number of ether oxygens (including phenoxy) is 1. The van der Waals surface area contributed by atoms with E-state index in [1.807, 2.05) is 39.4 Å². The summed E-state index contributed by atoms with van der Waals surface area (Å²) in [6.45, 7) is 2.62. The topological polar surface area (TPSA) is 145 Å². The molecule has 3 aliphatic heterocycles. The fourth-order valence-corrected chi connectivity index (χ4v) is 7.07. The summed E-state index contributed by atoms with van der Waals surface area (Å²) in [6.07, 6.45) is 3.14. The monoisotopic (exact) mass is 676 g/mol. The Morgan fingerprint density at radius 2 is 2.00 bits per heavy atom. The molecule has 242 valence electrons. The molecule has 0 spiro atoms. The van der Waals surface area contributed by atoms with Crippen molar-refractivity contribution in [3.8, 4) is 0 Å². The lowest BCUT2D eigenvalue weighted by atomic mass is 9.95. The molecular formula is C31H30ClFN10O3S. The minimum absolute atomic E-state index is 0.0235. The molecule has 3 aliphatic rings. The zero-order valence-electron chi connectivity index (χ0n) is 25.3. The number of hydrogen-bond donors (Lipinski definition) is 2. The van der Waals surface area contributed by atoms with Crippen LogP contribution in [0.25, 0.3) is 0 Å². The molecule has 2 fully saturated rings. The molecule has 2 atom stereocenters. The van der Waals surface area contributed by atoms with Crippen LogP contribution in [0.5, 0.6) is 0 Å². The third kappa shape index (κ3) is 6.33. The van der Waals surface area contributed by atoms with E-state index < -0.39 is 17.8 Å². The number of halogens is 2. The highest BCUT2D eigenvalue weighted by molar-refractivity contribution is 7.11. The summed E-state index contributed by atoms with van der Waals surface area (Å²) in [5.74, 6) is 0.149. The number of aliphatic imine (C=N–C) groups is 1. The number of carbonyl (C=O) groups excluding carboxylic acids is 2. The lowest BCUT2D eigenvalue weighted by molar-refractivity contribution is -0.136. The molecule has 2 N–H and O–H groups in total. The van der Waals surface area contributed by atoms with Crippen LogP contribution in [0.1, 0.15) is 28.0 Å². The molecule has 47 heavy (non-hydrogen) atoms. The van der Waals surface area contributed by atoms with Crippen molar-refractivity contribution >= 4 is 46.5 Å². The number of benzene rings is 2. The van der Waals surface area contributed by atoms with Crippen molar-refractivity contribution in [2.75, 3.05) is 44.7 Å². The van der Waals surface area contributed by atoms with Gasteiger partial charge in [0, 0.05) is 72.7 Å². The van der Waals surface area contributed by atoms with Crippen LogP contribution in [0.2, 0.25) is 5.02 Å². The van der Waals surface area contributed by atoms with Crippen LogP contribution < -0.4 is 10.2 Å². The highest BCUT2D eigenvalue weighted by Gasteiger charge is 2.42. The molecule has 2 saturated heterocycles. The molecule has 5 heterocycles. The highest BCUT2D eigenvalue weighted by Crippen LogP contribution is 2.37. The highest BCUT2D eigenvalue weighted by atomic mass is 35.5. The first kappa shape index (κ1) is 30.9. The average Bonchev–Trinajstić information content (AvgIpc) is 3.86. The number of aromatic nitrogens is 5. The molecule has 1 unspecified atom stereocenters. The summed E-state index contributed by atoms with van der Waals surface area (Å²) in [7, 11) is 1.31. The third-order valence-corrected chi connectivity index (χ3v) is 9.64. The number of thiazole rings is 1. The number of aromatic amines is 1. The Kier molecular flexibility index (Phi) is 8.66. The number of nitrogens with zero attached hydrogens (tertiary/aromatic N) is 8. The van der Waals surface area contributed by atoms with Crippen LogP contribution in [0.15, 0.2) is 70.3 Å². The Morgan fingerprint density at radius 3 is 2.72 bits per heavy atom. The van der Waals surface area contributed by atoms with E-state index >= 15 is 0 Å². The van der Waals surface area contributed by atoms with Gasteiger partial charge >= 0.3 is 12.0 Å². The van der Waals surface area contributed by atoms with E-state index in [-0.39, 0.29) is 22.7 Å². The van der Waals surface area contributed by atoms with Gasteiger partial charge in [-0.25, -0.2) is 24.1 Å². The fraction of sp³-hybridized carbons (Fsp3) is 0.323. The van der Waals surface area contributed by atoms with Crippen LogP contribution in [-0.4, -0.2) is 99.1 Å². The first-order valence-corrected chi connectivity index (χ1v) is 16.3. The maximum Gasteiger partial charge on any atom is 0.338 e. The minimum atomic E-state index is -0.842. The Hall–Kier alpha value is -4.73. The van der Waals surface area contributed by atoms with Crippen molar-refractivity contribution in [3.05, 3.63) is 98.1 Å². The molecule has 2 aromatic heterocycles. The van der Waals surface area contributed by atoms with Gasteiger partial charge in [-0.3, -0.25) is 14.8 Å². The number of tetrazole rings is 1. The maximum atomic E-state index is 14.0. The number of amidine groups is 1. The summed E-state index contributed by atoms with van der Waals surface area (Å²) in [6, 6.07) is 11.1. The second-order valence-corrected chi connectivity index (χ2v) is 12.7. The Balaban J connectivity index is 1.10. The van der Waals surface area contributed by atoms with Crippen molar-refractivity contribution < 1.29 is 18.7 Å². The number of piperazine rings is 1. The third-order valence-electron chi connectivity index (χ3n) is 8.53.